The van der Waals surface area contributed by atoms with Crippen molar-refractivity contribution in [2.45, 2.75) is 47.2 Å². The van der Waals surface area contributed by atoms with Crippen LogP contribution in [0.3, 0.4) is 0 Å². The van der Waals surface area contributed by atoms with Gasteiger partial charge in [0.25, 0.3) is 11.5 Å². The molecule has 7 nitrogen and oxygen atoms in total. The van der Waals surface area contributed by atoms with Gasteiger partial charge in [0, 0.05) is 28.4 Å². The molecule has 0 saturated carbocycles. The lowest BCUT2D eigenvalue weighted by Gasteiger charge is -2.27. The Morgan fingerprint density at radius 2 is 1.96 bits per heavy atom. The number of hydrogen-bond acceptors (Lipinski definition) is 4. The number of nitriles is 1. The van der Waals surface area contributed by atoms with Gasteiger partial charge in [0.2, 0.25) is 0 Å². The van der Waals surface area contributed by atoms with Crippen molar-refractivity contribution in [1.29, 1.82) is 5.26 Å². The molecule has 0 unspecified atom stereocenters. The van der Waals surface area contributed by atoms with Crippen LogP contribution in [-0.2, 0) is 6.54 Å². The molecule has 1 amide bonds. The van der Waals surface area contributed by atoms with Crippen LogP contribution in [-0.4, -0.2) is 32.0 Å². The summed E-state index contributed by atoms with van der Waals surface area (Å²) in [5.74, 6) is -0.235. The number of aromatic amines is 2. The number of aromatic nitrogens is 3. The summed E-state index contributed by atoms with van der Waals surface area (Å²) >= 11 is 0. The van der Waals surface area contributed by atoms with Gasteiger partial charge < -0.3 is 9.88 Å². The van der Waals surface area contributed by atoms with Gasteiger partial charge in [-0.2, -0.15) is 10.4 Å². The molecule has 2 heterocycles. The molecule has 0 saturated heterocycles. The number of amides is 1. The van der Waals surface area contributed by atoms with E-state index in [2.05, 4.69) is 21.3 Å². The molecule has 28 heavy (non-hydrogen) atoms. The first-order valence-corrected chi connectivity index (χ1v) is 9.12. The highest BCUT2D eigenvalue weighted by Gasteiger charge is 2.25. The van der Waals surface area contributed by atoms with Crippen LogP contribution < -0.4 is 5.56 Å². The maximum Gasteiger partial charge on any atom is 0.255 e. The summed E-state index contributed by atoms with van der Waals surface area (Å²) in [6, 6.07) is 7.09. The molecule has 2 N–H and O–H groups in total. The number of carbonyl (C=O) groups excluding carboxylic acids is 1. The van der Waals surface area contributed by atoms with Crippen LogP contribution in [0.5, 0.6) is 0 Å². The van der Waals surface area contributed by atoms with Crippen molar-refractivity contribution in [2.24, 2.45) is 0 Å². The second-order valence-electron chi connectivity index (χ2n) is 7.35. The minimum atomic E-state index is -0.235. The number of aryl methyl sites for hydroxylation is 3. The van der Waals surface area contributed by atoms with Crippen LogP contribution in [0, 0.1) is 32.1 Å². The van der Waals surface area contributed by atoms with Gasteiger partial charge in [-0.15, -0.1) is 0 Å². The van der Waals surface area contributed by atoms with Crippen LogP contribution in [0.2, 0.25) is 0 Å². The Kier molecular flexibility index (Phi) is 5.06. The lowest BCUT2D eigenvalue weighted by molar-refractivity contribution is 0.0691. The minimum absolute atomic E-state index is 0.138. The fourth-order valence-corrected chi connectivity index (χ4v) is 3.43. The van der Waals surface area contributed by atoms with Gasteiger partial charge >= 0.3 is 0 Å². The smallest absolute Gasteiger partial charge is 0.255 e. The highest BCUT2D eigenvalue weighted by atomic mass is 16.2. The van der Waals surface area contributed by atoms with Crippen molar-refractivity contribution in [3.8, 4) is 6.07 Å². The largest absolute Gasteiger partial charge is 0.332 e. The number of carbonyl (C=O) groups is 1. The maximum atomic E-state index is 13.5. The van der Waals surface area contributed by atoms with E-state index in [0.29, 0.717) is 27.6 Å². The predicted molar refractivity (Wildman–Crippen MR) is 107 cm³/mol. The van der Waals surface area contributed by atoms with Crippen LogP contribution in [0.15, 0.2) is 23.0 Å². The summed E-state index contributed by atoms with van der Waals surface area (Å²) in [6.07, 6.45) is 0. The second kappa shape index (κ2) is 7.31. The van der Waals surface area contributed by atoms with Crippen LogP contribution in [0.1, 0.15) is 52.3 Å². The number of pyridine rings is 1. The van der Waals surface area contributed by atoms with Crippen LogP contribution >= 0.6 is 0 Å². The molecule has 0 atom stereocenters. The normalized spacial score (nSPS) is 11.0. The lowest BCUT2D eigenvalue weighted by atomic mass is 10.0. The van der Waals surface area contributed by atoms with E-state index in [4.69, 9.17) is 0 Å². The average Bonchev–Trinajstić information content (AvgIpc) is 3.00. The molecule has 0 fully saturated rings. The van der Waals surface area contributed by atoms with E-state index >= 15 is 0 Å². The van der Waals surface area contributed by atoms with Crippen LogP contribution in [0.25, 0.3) is 10.9 Å². The Hall–Kier alpha value is -3.40. The van der Waals surface area contributed by atoms with Gasteiger partial charge in [0.15, 0.2) is 0 Å². The topological polar surface area (TPSA) is 106 Å². The molecule has 7 heteroatoms. The predicted octanol–water partition coefficient (Wildman–Crippen LogP) is 3.10. The van der Waals surface area contributed by atoms with Crippen molar-refractivity contribution in [3.05, 3.63) is 62.2 Å². The first-order chi connectivity index (χ1) is 13.2. The number of hydrogen-bond donors (Lipinski definition) is 2. The van der Waals surface area contributed by atoms with Gasteiger partial charge in [0.05, 0.1) is 29.3 Å². The maximum absolute atomic E-state index is 13.5. The van der Waals surface area contributed by atoms with E-state index in [1.807, 2.05) is 40.7 Å². The second-order valence-corrected chi connectivity index (χ2v) is 7.35. The fourth-order valence-electron chi connectivity index (χ4n) is 3.43. The zero-order valence-corrected chi connectivity index (χ0v) is 16.7. The highest BCUT2D eigenvalue weighted by molar-refractivity contribution is 6.07. The Bertz CT molecular complexity index is 1160. The molecule has 0 aliphatic rings. The number of nitrogens with zero attached hydrogens (tertiary/aromatic N) is 3. The van der Waals surface area contributed by atoms with Gasteiger partial charge in [0.1, 0.15) is 0 Å². The number of fused-ring (bicyclic) bond motifs is 1. The number of benzene rings is 1. The third-order valence-corrected chi connectivity index (χ3v) is 4.90. The molecule has 3 aromatic rings. The van der Waals surface area contributed by atoms with Crippen molar-refractivity contribution in [3.63, 3.8) is 0 Å². The van der Waals surface area contributed by atoms with Gasteiger partial charge in [-0.05, 0) is 58.4 Å². The zero-order valence-electron chi connectivity index (χ0n) is 16.7. The van der Waals surface area contributed by atoms with Crippen LogP contribution in [0.4, 0.5) is 0 Å². The Morgan fingerprint density at radius 1 is 1.25 bits per heavy atom. The van der Waals surface area contributed by atoms with E-state index in [0.717, 1.165) is 17.0 Å². The molecule has 0 aliphatic heterocycles. The summed E-state index contributed by atoms with van der Waals surface area (Å²) in [4.78, 5) is 30.4. The highest BCUT2D eigenvalue weighted by Crippen LogP contribution is 2.25. The molecular weight excluding hydrogens is 354 g/mol. The van der Waals surface area contributed by atoms with E-state index < -0.39 is 0 Å². The summed E-state index contributed by atoms with van der Waals surface area (Å²) in [6.45, 7) is 9.54. The van der Waals surface area contributed by atoms with E-state index in [1.165, 1.54) is 0 Å². The number of H-pyrrole nitrogens is 2. The number of rotatable bonds is 4. The van der Waals surface area contributed by atoms with Crippen molar-refractivity contribution in [2.75, 3.05) is 0 Å². The monoisotopic (exact) mass is 377 g/mol. The Labute approximate surface area is 163 Å². The first kappa shape index (κ1) is 19.4. The van der Waals surface area contributed by atoms with Gasteiger partial charge in [-0.1, -0.05) is 0 Å². The molecule has 0 spiro atoms. The molecular formula is C21H23N5O2. The van der Waals surface area contributed by atoms with Gasteiger partial charge in [-0.3, -0.25) is 14.7 Å². The third kappa shape index (κ3) is 3.41. The molecule has 1 aromatic carbocycles. The standard InChI is InChI=1S/C21H23N5O2/c1-11(2)26(10-17-12(3)6-13(4)23-20(17)27)21(28)16-7-15(9-22)8-18-19(16)14(5)24-25-18/h6-8,11H,10H2,1-5H3,(H,23,27)(H,24,25). The van der Waals surface area contributed by atoms with Crippen molar-refractivity contribution < 1.29 is 4.79 Å². The molecule has 0 bridgehead atoms. The molecule has 2 aromatic heterocycles. The van der Waals surface area contributed by atoms with E-state index in [1.54, 1.807) is 17.0 Å². The summed E-state index contributed by atoms with van der Waals surface area (Å²) in [5.41, 5.74) is 4.12. The van der Waals surface area contributed by atoms with Gasteiger partial charge in [-0.25, -0.2) is 0 Å². The van der Waals surface area contributed by atoms with E-state index in [9.17, 15) is 14.9 Å². The molecule has 0 aliphatic carbocycles. The SMILES string of the molecule is Cc1cc(C)c(CN(C(=O)c2cc(C#N)cc3n[nH]c(C)c23)C(C)C)c(=O)[nH]1. The Balaban J connectivity index is 2.11. The minimum Gasteiger partial charge on any atom is -0.332 e. The van der Waals surface area contributed by atoms with Crippen molar-refractivity contribution >= 4 is 16.8 Å². The third-order valence-electron chi connectivity index (χ3n) is 4.90. The average molecular weight is 377 g/mol. The molecule has 0 radical (unpaired) electrons. The summed E-state index contributed by atoms with van der Waals surface area (Å²) < 4.78 is 0. The van der Waals surface area contributed by atoms with E-state index in [-0.39, 0.29) is 24.1 Å². The summed E-state index contributed by atoms with van der Waals surface area (Å²) in [5, 5.41) is 17.1. The first-order valence-electron chi connectivity index (χ1n) is 9.12. The summed E-state index contributed by atoms with van der Waals surface area (Å²) in [7, 11) is 0. The fraction of sp³-hybridized carbons (Fsp3) is 0.333. The van der Waals surface area contributed by atoms with Crippen molar-refractivity contribution in [1.82, 2.24) is 20.1 Å². The Morgan fingerprint density at radius 3 is 2.57 bits per heavy atom. The quantitative estimate of drug-likeness (QED) is 0.729. The lowest BCUT2D eigenvalue weighted by Crippen LogP contribution is -2.38. The zero-order chi connectivity index (χ0) is 20.6. The molecule has 3 rings (SSSR count). The molecule has 144 valence electrons. The number of nitrogens with one attached hydrogen (secondary N) is 2.